The molecule has 0 aliphatic rings. The number of nitrogens with zero attached hydrogens (tertiary/aromatic N) is 1. The van der Waals surface area contributed by atoms with Crippen LogP contribution in [-0.2, 0) is 6.42 Å². The van der Waals surface area contributed by atoms with E-state index in [-0.39, 0.29) is 17.5 Å². The standard InChI is InChI=1S/C14H11F2NO/c1-3-11(18)7-10-6-9-5-4-8(2)17-14(9)13(16)12(10)15/h1,4-6,11,18H,7H2,2H3. The van der Waals surface area contributed by atoms with Crippen molar-refractivity contribution in [2.45, 2.75) is 19.4 Å². The van der Waals surface area contributed by atoms with Crippen LogP contribution in [0.5, 0.6) is 0 Å². The molecular formula is C14H11F2NO. The number of fused-ring (bicyclic) bond motifs is 1. The first-order valence-corrected chi connectivity index (χ1v) is 5.41. The van der Waals surface area contributed by atoms with Crippen molar-refractivity contribution in [3.63, 3.8) is 0 Å². The lowest BCUT2D eigenvalue weighted by Crippen LogP contribution is -2.09. The van der Waals surface area contributed by atoms with E-state index < -0.39 is 17.7 Å². The number of hydrogen-bond acceptors (Lipinski definition) is 2. The van der Waals surface area contributed by atoms with Gasteiger partial charge in [0.15, 0.2) is 11.6 Å². The van der Waals surface area contributed by atoms with E-state index >= 15 is 0 Å². The smallest absolute Gasteiger partial charge is 0.185 e. The fourth-order valence-corrected chi connectivity index (χ4v) is 1.77. The molecule has 1 unspecified atom stereocenters. The highest BCUT2D eigenvalue weighted by molar-refractivity contribution is 5.80. The Balaban J connectivity index is 2.61. The minimum atomic E-state index is -1.13. The van der Waals surface area contributed by atoms with Gasteiger partial charge in [-0.2, -0.15) is 0 Å². The van der Waals surface area contributed by atoms with E-state index in [4.69, 9.17) is 6.42 Å². The van der Waals surface area contributed by atoms with Crippen molar-refractivity contribution in [2.75, 3.05) is 0 Å². The Morgan fingerprint density at radius 1 is 1.39 bits per heavy atom. The maximum atomic E-state index is 13.8. The third kappa shape index (κ3) is 2.18. The minimum Gasteiger partial charge on any atom is -0.380 e. The second-order valence-electron chi connectivity index (χ2n) is 4.07. The van der Waals surface area contributed by atoms with Crippen LogP contribution in [0.25, 0.3) is 10.9 Å². The van der Waals surface area contributed by atoms with E-state index in [1.807, 2.05) is 0 Å². The molecule has 1 aromatic heterocycles. The van der Waals surface area contributed by atoms with Crippen LogP contribution in [0.1, 0.15) is 11.3 Å². The molecule has 18 heavy (non-hydrogen) atoms. The summed E-state index contributed by atoms with van der Waals surface area (Å²) in [6, 6.07) is 4.83. The highest BCUT2D eigenvalue weighted by Crippen LogP contribution is 2.23. The van der Waals surface area contributed by atoms with Gasteiger partial charge >= 0.3 is 0 Å². The number of benzene rings is 1. The molecule has 1 aromatic carbocycles. The second-order valence-corrected chi connectivity index (χ2v) is 4.07. The number of aliphatic hydroxyl groups is 1. The van der Waals surface area contributed by atoms with Crippen LogP contribution in [0.3, 0.4) is 0 Å². The van der Waals surface area contributed by atoms with Gasteiger partial charge in [-0.25, -0.2) is 13.8 Å². The zero-order valence-corrected chi connectivity index (χ0v) is 9.74. The fourth-order valence-electron chi connectivity index (χ4n) is 1.77. The molecule has 0 saturated heterocycles. The first-order valence-electron chi connectivity index (χ1n) is 5.41. The van der Waals surface area contributed by atoms with Crippen molar-refractivity contribution in [3.05, 3.63) is 41.1 Å². The second kappa shape index (κ2) is 4.71. The van der Waals surface area contributed by atoms with Gasteiger partial charge in [0.25, 0.3) is 0 Å². The van der Waals surface area contributed by atoms with E-state index in [0.29, 0.717) is 11.1 Å². The van der Waals surface area contributed by atoms with Gasteiger partial charge in [-0.1, -0.05) is 12.0 Å². The average Bonchev–Trinajstić information content (AvgIpc) is 2.36. The Morgan fingerprint density at radius 2 is 2.11 bits per heavy atom. The number of hydrogen-bond donors (Lipinski definition) is 1. The number of terminal acetylenes is 1. The van der Waals surface area contributed by atoms with Crippen LogP contribution in [0.4, 0.5) is 8.78 Å². The van der Waals surface area contributed by atoms with E-state index in [2.05, 4.69) is 10.9 Å². The quantitative estimate of drug-likeness (QED) is 0.826. The van der Waals surface area contributed by atoms with Crippen molar-refractivity contribution >= 4 is 10.9 Å². The Kier molecular flexibility index (Phi) is 3.26. The Bertz CT molecular complexity index is 646. The summed E-state index contributed by atoms with van der Waals surface area (Å²) in [5, 5.41) is 9.79. The molecule has 92 valence electrons. The predicted molar refractivity (Wildman–Crippen MR) is 64.9 cm³/mol. The number of aryl methyl sites for hydroxylation is 1. The van der Waals surface area contributed by atoms with Gasteiger partial charge in [0, 0.05) is 17.5 Å². The summed E-state index contributed by atoms with van der Waals surface area (Å²) < 4.78 is 27.6. The van der Waals surface area contributed by atoms with Gasteiger partial charge in [0.05, 0.1) is 0 Å². The van der Waals surface area contributed by atoms with Crippen molar-refractivity contribution in [1.29, 1.82) is 0 Å². The summed E-state index contributed by atoms with van der Waals surface area (Å²) >= 11 is 0. The van der Waals surface area contributed by atoms with Crippen LogP contribution in [0.15, 0.2) is 18.2 Å². The molecule has 0 aliphatic carbocycles. The molecule has 1 atom stereocenters. The lowest BCUT2D eigenvalue weighted by molar-refractivity contribution is 0.231. The SMILES string of the molecule is C#CC(O)Cc1cc2ccc(C)nc2c(F)c1F. The molecule has 2 nitrogen and oxygen atoms in total. The normalized spacial score (nSPS) is 12.4. The molecule has 2 rings (SSSR count). The molecule has 0 fully saturated rings. The van der Waals surface area contributed by atoms with Gasteiger partial charge in [0.2, 0.25) is 0 Å². The van der Waals surface area contributed by atoms with Gasteiger partial charge < -0.3 is 5.11 Å². The third-order valence-corrected chi connectivity index (χ3v) is 2.68. The molecule has 1 N–H and O–H groups in total. The first-order chi connectivity index (χ1) is 8.52. The zero-order chi connectivity index (χ0) is 13.3. The van der Waals surface area contributed by atoms with E-state index in [9.17, 15) is 13.9 Å². The van der Waals surface area contributed by atoms with E-state index in [0.717, 1.165) is 0 Å². The zero-order valence-electron chi connectivity index (χ0n) is 9.74. The molecule has 0 radical (unpaired) electrons. The molecule has 0 amide bonds. The molecule has 0 spiro atoms. The summed E-state index contributed by atoms with van der Waals surface area (Å²) in [4.78, 5) is 3.96. The molecule has 2 aromatic rings. The number of halogens is 2. The maximum absolute atomic E-state index is 13.8. The number of aliphatic hydroxyl groups excluding tert-OH is 1. The molecular weight excluding hydrogens is 236 g/mol. The van der Waals surface area contributed by atoms with E-state index in [1.54, 1.807) is 19.1 Å². The van der Waals surface area contributed by atoms with Crippen LogP contribution in [0.2, 0.25) is 0 Å². The molecule has 0 saturated carbocycles. The third-order valence-electron chi connectivity index (χ3n) is 2.68. The van der Waals surface area contributed by atoms with Crippen LogP contribution < -0.4 is 0 Å². The highest BCUT2D eigenvalue weighted by atomic mass is 19.2. The topological polar surface area (TPSA) is 33.1 Å². The average molecular weight is 247 g/mol. The Labute approximate surface area is 103 Å². The van der Waals surface area contributed by atoms with Gasteiger partial charge in [-0.3, -0.25) is 0 Å². The van der Waals surface area contributed by atoms with Gasteiger partial charge in [-0.05, 0) is 24.6 Å². The van der Waals surface area contributed by atoms with Crippen molar-refractivity contribution in [3.8, 4) is 12.3 Å². The monoisotopic (exact) mass is 247 g/mol. The summed E-state index contributed by atoms with van der Waals surface area (Å²) in [7, 11) is 0. The van der Waals surface area contributed by atoms with Crippen molar-refractivity contribution < 1.29 is 13.9 Å². The van der Waals surface area contributed by atoms with Gasteiger partial charge in [-0.15, -0.1) is 6.42 Å². The molecule has 0 bridgehead atoms. The summed E-state index contributed by atoms with van der Waals surface area (Å²) in [6.45, 7) is 1.70. The number of pyridine rings is 1. The van der Waals surface area contributed by atoms with E-state index in [1.165, 1.54) is 6.07 Å². The lowest BCUT2D eigenvalue weighted by Gasteiger charge is -2.09. The molecule has 0 aliphatic heterocycles. The minimum absolute atomic E-state index is 0.00792. The maximum Gasteiger partial charge on any atom is 0.185 e. The summed E-state index contributed by atoms with van der Waals surface area (Å²) in [5.74, 6) is 0.0591. The van der Waals surface area contributed by atoms with Crippen LogP contribution in [0, 0.1) is 30.9 Å². The Morgan fingerprint density at radius 3 is 2.78 bits per heavy atom. The molecule has 4 heteroatoms. The Hall–Kier alpha value is -1.99. The lowest BCUT2D eigenvalue weighted by atomic mass is 10.0. The van der Waals surface area contributed by atoms with Crippen LogP contribution >= 0.6 is 0 Å². The van der Waals surface area contributed by atoms with Gasteiger partial charge in [0.1, 0.15) is 11.6 Å². The predicted octanol–water partition coefficient (Wildman–Crippen LogP) is 2.36. The van der Waals surface area contributed by atoms with Crippen LogP contribution in [-0.4, -0.2) is 16.2 Å². The number of rotatable bonds is 2. The molecule has 1 heterocycles. The van der Waals surface area contributed by atoms with Crippen molar-refractivity contribution in [2.24, 2.45) is 0 Å². The highest BCUT2D eigenvalue weighted by Gasteiger charge is 2.16. The first kappa shape index (κ1) is 12.5. The summed E-state index contributed by atoms with van der Waals surface area (Å²) in [5.41, 5.74) is 0.653. The fraction of sp³-hybridized carbons (Fsp3) is 0.214. The van der Waals surface area contributed by atoms with Crippen molar-refractivity contribution in [1.82, 2.24) is 4.98 Å². The number of aromatic nitrogens is 1. The largest absolute Gasteiger partial charge is 0.380 e. The summed E-state index contributed by atoms with van der Waals surface area (Å²) in [6.07, 6.45) is 3.76.